The van der Waals surface area contributed by atoms with Crippen LogP contribution in [0.3, 0.4) is 0 Å². The fourth-order valence-electron chi connectivity index (χ4n) is 3.20. The van der Waals surface area contributed by atoms with Crippen LogP contribution in [0.4, 0.5) is 21.7 Å². The zero-order valence-corrected chi connectivity index (χ0v) is 14.2. The third-order valence-electron chi connectivity index (χ3n) is 4.41. The number of fused-ring (bicyclic) bond motifs is 1. The number of carbonyl (C=O) groups is 1. The van der Waals surface area contributed by atoms with E-state index in [1.807, 2.05) is 18.2 Å². The maximum Gasteiger partial charge on any atom is 0.258 e. The summed E-state index contributed by atoms with van der Waals surface area (Å²) in [5.41, 5.74) is 3.06. The normalized spacial score (nSPS) is 15.6. The van der Waals surface area contributed by atoms with Crippen LogP contribution >= 0.6 is 0 Å². The predicted molar refractivity (Wildman–Crippen MR) is 98.1 cm³/mol. The highest BCUT2D eigenvalue weighted by Gasteiger charge is 2.28. The summed E-state index contributed by atoms with van der Waals surface area (Å²) in [4.78, 5) is 23.1. The molecule has 1 unspecified atom stereocenters. The number of nitrogens with zero attached hydrogens (tertiary/aromatic N) is 3. The maximum atomic E-state index is 13.2. The van der Waals surface area contributed by atoms with Crippen molar-refractivity contribution >= 4 is 23.2 Å². The van der Waals surface area contributed by atoms with Crippen LogP contribution < -0.4 is 10.2 Å². The Morgan fingerprint density at radius 1 is 1.15 bits per heavy atom. The second kappa shape index (κ2) is 6.55. The zero-order chi connectivity index (χ0) is 18.1. The third-order valence-corrected chi connectivity index (χ3v) is 4.41. The molecule has 6 heteroatoms. The van der Waals surface area contributed by atoms with E-state index in [2.05, 4.69) is 33.2 Å². The van der Waals surface area contributed by atoms with Crippen molar-refractivity contribution in [2.24, 2.45) is 0 Å². The Bertz CT molecular complexity index is 958. The van der Waals surface area contributed by atoms with Gasteiger partial charge in [-0.2, -0.15) is 0 Å². The van der Waals surface area contributed by atoms with Crippen LogP contribution in [0, 0.1) is 5.82 Å². The van der Waals surface area contributed by atoms with Crippen molar-refractivity contribution in [1.82, 2.24) is 9.97 Å². The van der Waals surface area contributed by atoms with E-state index < -0.39 is 5.82 Å². The smallest absolute Gasteiger partial charge is 0.258 e. The molecule has 3 aromatic rings. The monoisotopic (exact) mass is 348 g/mol. The summed E-state index contributed by atoms with van der Waals surface area (Å²) in [6.07, 6.45) is 3.91. The lowest BCUT2D eigenvalue weighted by molar-refractivity contribution is 0.102. The van der Waals surface area contributed by atoms with E-state index in [1.54, 1.807) is 6.07 Å². The van der Waals surface area contributed by atoms with E-state index in [1.165, 1.54) is 36.2 Å². The molecule has 0 saturated heterocycles. The summed E-state index contributed by atoms with van der Waals surface area (Å²) in [6.45, 7) is 2.12. The van der Waals surface area contributed by atoms with Crippen LogP contribution in [0.15, 0.2) is 60.9 Å². The molecule has 4 rings (SSSR count). The summed E-state index contributed by atoms with van der Waals surface area (Å²) in [5.74, 6) is -0.224. The van der Waals surface area contributed by atoms with E-state index in [-0.39, 0.29) is 11.9 Å². The van der Waals surface area contributed by atoms with Gasteiger partial charge in [-0.25, -0.2) is 14.4 Å². The van der Waals surface area contributed by atoms with Crippen LogP contribution in [-0.2, 0) is 6.42 Å². The molecule has 2 heterocycles. The van der Waals surface area contributed by atoms with Gasteiger partial charge in [-0.05, 0) is 43.2 Å². The van der Waals surface area contributed by atoms with Gasteiger partial charge in [-0.3, -0.25) is 4.79 Å². The molecule has 0 saturated carbocycles. The number of nitrogens with one attached hydrogen (secondary N) is 1. The van der Waals surface area contributed by atoms with Crippen LogP contribution in [0.25, 0.3) is 0 Å². The minimum Gasteiger partial charge on any atom is -0.322 e. The molecule has 130 valence electrons. The summed E-state index contributed by atoms with van der Waals surface area (Å²) in [6, 6.07) is 14.2. The minimum absolute atomic E-state index is 0.249. The number of hydrogen-bond donors (Lipinski definition) is 1. The van der Waals surface area contributed by atoms with E-state index in [0.29, 0.717) is 17.2 Å². The molecule has 1 atom stereocenters. The lowest BCUT2D eigenvalue weighted by atomic mass is 10.1. The average Bonchev–Trinajstić information content (AvgIpc) is 2.97. The highest BCUT2D eigenvalue weighted by Crippen LogP contribution is 2.36. The van der Waals surface area contributed by atoms with Crippen LogP contribution in [-0.4, -0.2) is 21.9 Å². The SMILES string of the molecule is CC1Cc2ccccc2N1c1ncc(C(=O)Nc2cccc(F)c2)cn1. The van der Waals surface area contributed by atoms with Gasteiger partial charge in [0, 0.05) is 29.8 Å². The van der Waals surface area contributed by atoms with Crippen LogP contribution in [0.5, 0.6) is 0 Å². The molecule has 1 aliphatic rings. The lowest BCUT2D eigenvalue weighted by Gasteiger charge is -2.22. The molecule has 0 radical (unpaired) electrons. The molecule has 0 aliphatic carbocycles. The number of halogens is 1. The number of para-hydroxylation sites is 1. The number of amides is 1. The van der Waals surface area contributed by atoms with Gasteiger partial charge in [-0.15, -0.1) is 0 Å². The van der Waals surface area contributed by atoms with E-state index in [0.717, 1.165) is 12.1 Å². The molecule has 0 fully saturated rings. The Morgan fingerprint density at radius 2 is 1.92 bits per heavy atom. The molecule has 1 aliphatic heterocycles. The largest absolute Gasteiger partial charge is 0.322 e. The number of aromatic nitrogens is 2. The molecule has 2 aromatic carbocycles. The van der Waals surface area contributed by atoms with Gasteiger partial charge in [0.25, 0.3) is 5.91 Å². The molecule has 1 aromatic heterocycles. The van der Waals surface area contributed by atoms with Crippen molar-refractivity contribution in [2.45, 2.75) is 19.4 Å². The molecule has 1 amide bonds. The lowest BCUT2D eigenvalue weighted by Crippen LogP contribution is -2.26. The van der Waals surface area contributed by atoms with Crippen molar-refractivity contribution in [2.75, 3.05) is 10.2 Å². The fraction of sp³-hybridized carbons (Fsp3) is 0.150. The molecular weight excluding hydrogens is 331 g/mol. The first-order valence-corrected chi connectivity index (χ1v) is 8.38. The van der Waals surface area contributed by atoms with Crippen LogP contribution in [0.2, 0.25) is 0 Å². The minimum atomic E-state index is -0.406. The van der Waals surface area contributed by atoms with E-state index in [9.17, 15) is 9.18 Å². The third kappa shape index (κ3) is 3.01. The number of hydrogen-bond acceptors (Lipinski definition) is 4. The quantitative estimate of drug-likeness (QED) is 0.779. The first-order valence-electron chi connectivity index (χ1n) is 8.38. The van der Waals surface area contributed by atoms with Gasteiger partial charge in [-0.1, -0.05) is 24.3 Å². The highest BCUT2D eigenvalue weighted by molar-refractivity contribution is 6.03. The molecule has 5 nitrogen and oxygen atoms in total. The second-order valence-corrected chi connectivity index (χ2v) is 6.29. The van der Waals surface area contributed by atoms with E-state index in [4.69, 9.17) is 0 Å². The number of anilines is 3. The summed E-state index contributed by atoms with van der Waals surface area (Å²) in [7, 11) is 0. The Hall–Kier alpha value is -3.28. The van der Waals surface area contributed by atoms with Gasteiger partial charge in [0.15, 0.2) is 0 Å². The van der Waals surface area contributed by atoms with E-state index >= 15 is 0 Å². The van der Waals surface area contributed by atoms with Crippen molar-refractivity contribution in [3.05, 3.63) is 77.9 Å². The summed E-state index contributed by atoms with van der Waals surface area (Å²) >= 11 is 0. The van der Waals surface area contributed by atoms with Gasteiger partial charge in [0.05, 0.1) is 5.56 Å². The van der Waals surface area contributed by atoms with Gasteiger partial charge >= 0.3 is 0 Å². The average molecular weight is 348 g/mol. The Labute approximate surface area is 150 Å². The summed E-state index contributed by atoms with van der Waals surface area (Å²) < 4.78 is 13.2. The van der Waals surface area contributed by atoms with Gasteiger partial charge in [0.1, 0.15) is 5.82 Å². The predicted octanol–water partition coefficient (Wildman–Crippen LogP) is 3.95. The number of rotatable bonds is 3. The molecular formula is C20H17FN4O. The Morgan fingerprint density at radius 3 is 2.69 bits per heavy atom. The second-order valence-electron chi connectivity index (χ2n) is 6.29. The maximum absolute atomic E-state index is 13.2. The van der Waals surface area contributed by atoms with Gasteiger partial charge in [0.2, 0.25) is 5.95 Å². The Balaban J connectivity index is 1.55. The Kier molecular flexibility index (Phi) is 4.08. The summed E-state index contributed by atoms with van der Waals surface area (Å²) in [5, 5.41) is 2.64. The van der Waals surface area contributed by atoms with Crippen molar-refractivity contribution in [1.29, 1.82) is 0 Å². The van der Waals surface area contributed by atoms with Gasteiger partial charge < -0.3 is 10.2 Å². The van der Waals surface area contributed by atoms with Crippen molar-refractivity contribution in [3.8, 4) is 0 Å². The van der Waals surface area contributed by atoms with Crippen molar-refractivity contribution < 1.29 is 9.18 Å². The highest BCUT2D eigenvalue weighted by atomic mass is 19.1. The van der Waals surface area contributed by atoms with Crippen LogP contribution in [0.1, 0.15) is 22.8 Å². The molecule has 1 N–H and O–H groups in total. The number of carbonyl (C=O) groups excluding carboxylic acids is 1. The fourth-order valence-corrected chi connectivity index (χ4v) is 3.20. The molecule has 0 bridgehead atoms. The zero-order valence-electron chi connectivity index (χ0n) is 14.2. The number of benzene rings is 2. The first-order chi connectivity index (χ1) is 12.6. The standard InChI is InChI=1S/C20H17FN4O/c1-13-9-14-5-2-3-8-18(14)25(13)20-22-11-15(12-23-20)19(26)24-17-7-4-6-16(21)10-17/h2-8,10-13H,9H2,1H3,(H,24,26). The molecule has 0 spiro atoms. The first kappa shape index (κ1) is 16.2. The topological polar surface area (TPSA) is 58.1 Å². The molecule has 26 heavy (non-hydrogen) atoms. The van der Waals surface area contributed by atoms with Crippen molar-refractivity contribution in [3.63, 3.8) is 0 Å².